The second-order valence-corrected chi connectivity index (χ2v) is 6.75. The summed E-state index contributed by atoms with van der Waals surface area (Å²) in [4.78, 5) is 0. The predicted octanol–water partition coefficient (Wildman–Crippen LogP) is 2.48. The molecule has 1 aromatic heterocycles. The zero-order valence-electron chi connectivity index (χ0n) is 13.0. The van der Waals surface area contributed by atoms with E-state index in [1.54, 1.807) is 4.68 Å². The summed E-state index contributed by atoms with van der Waals surface area (Å²) in [5, 5.41) is 23.6. The fourth-order valence-corrected chi connectivity index (χ4v) is 3.40. The molecule has 1 saturated heterocycles. The molecule has 1 aliphatic heterocycles. The first-order chi connectivity index (χ1) is 10.4. The topological polar surface area (TPSA) is 63.0 Å². The molecule has 5 nitrogen and oxygen atoms in total. The molecule has 22 heavy (non-hydrogen) atoms. The quantitative estimate of drug-likeness (QED) is 0.892. The van der Waals surface area contributed by atoms with Crippen LogP contribution in [0.2, 0.25) is 5.02 Å². The van der Waals surface area contributed by atoms with Crippen LogP contribution in [-0.4, -0.2) is 26.1 Å². The number of rotatable bonds is 2. The van der Waals surface area contributed by atoms with Crippen LogP contribution in [0.3, 0.4) is 0 Å². The first kappa shape index (κ1) is 15.5. The Morgan fingerprint density at radius 3 is 2.82 bits per heavy atom. The van der Waals surface area contributed by atoms with Crippen LogP contribution in [0.5, 0.6) is 0 Å². The minimum Gasteiger partial charge on any atom is -0.385 e. The molecule has 2 N–H and O–H groups in total. The highest BCUT2D eigenvalue weighted by atomic mass is 35.5. The minimum absolute atomic E-state index is 0.0254. The van der Waals surface area contributed by atoms with E-state index < -0.39 is 5.60 Å². The highest BCUT2D eigenvalue weighted by Gasteiger charge is 2.40. The second kappa shape index (κ2) is 5.65. The van der Waals surface area contributed by atoms with Gasteiger partial charge in [0.2, 0.25) is 0 Å². The maximum absolute atomic E-state index is 11.2. The van der Waals surface area contributed by atoms with Gasteiger partial charge >= 0.3 is 0 Å². The van der Waals surface area contributed by atoms with Crippen LogP contribution < -0.4 is 5.32 Å². The van der Waals surface area contributed by atoms with Crippen LogP contribution in [-0.2, 0) is 12.6 Å². The van der Waals surface area contributed by atoms with Crippen LogP contribution in [0.25, 0.3) is 0 Å². The highest BCUT2D eigenvalue weighted by molar-refractivity contribution is 6.31. The molecular weight excluding hydrogens is 300 g/mol. The Labute approximate surface area is 135 Å². The molecule has 2 aromatic rings. The molecule has 1 aromatic carbocycles. The van der Waals surface area contributed by atoms with Gasteiger partial charge < -0.3 is 10.4 Å². The molecule has 0 spiro atoms. The largest absolute Gasteiger partial charge is 0.385 e. The zero-order chi connectivity index (χ0) is 15.9. The van der Waals surface area contributed by atoms with Crippen LogP contribution in [0.15, 0.2) is 24.4 Å². The van der Waals surface area contributed by atoms with Crippen LogP contribution in [0, 0.1) is 6.92 Å². The molecule has 1 aliphatic rings. The van der Waals surface area contributed by atoms with Gasteiger partial charge in [0.25, 0.3) is 0 Å². The van der Waals surface area contributed by atoms with Gasteiger partial charge in [0, 0.05) is 30.7 Å². The van der Waals surface area contributed by atoms with Crippen molar-refractivity contribution in [3.63, 3.8) is 0 Å². The molecule has 6 heteroatoms. The Bertz CT molecular complexity index is 687. The van der Waals surface area contributed by atoms with Gasteiger partial charge in [-0.05, 0) is 37.5 Å². The first-order valence-electron chi connectivity index (χ1n) is 7.49. The van der Waals surface area contributed by atoms with Crippen molar-refractivity contribution in [2.45, 2.75) is 44.4 Å². The van der Waals surface area contributed by atoms with Crippen molar-refractivity contribution in [3.8, 4) is 0 Å². The Hall–Kier alpha value is -1.43. The molecule has 0 bridgehead atoms. The van der Waals surface area contributed by atoms with Gasteiger partial charge in [0.05, 0.1) is 17.3 Å². The van der Waals surface area contributed by atoms with E-state index in [9.17, 15) is 5.11 Å². The number of aryl methyl sites for hydroxylation is 2. The summed E-state index contributed by atoms with van der Waals surface area (Å²) in [7, 11) is 1.84. The summed E-state index contributed by atoms with van der Waals surface area (Å²) in [5.74, 6) is 0. The van der Waals surface area contributed by atoms with E-state index in [2.05, 4.69) is 22.6 Å². The summed E-state index contributed by atoms with van der Waals surface area (Å²) in [5.41, 5.74) is 1.82. The van der Waals surface area contributed by atoms with Crippen molar-refractivity contribution < 1.29 is 5.11 Å². The second-order valence-electron chi connectivity index (χ2n) is 6.34. The summed E-state index contributed by atoms with van der Waals surface area (Å²) < 4.78 is 1.68. The summed E-state index contributed by atoms with van der Waals surface area (Å²) >= 11 is 6.24. The van der Waals surface area contributed by atoms with Crippen molar-refractivity contribution in [2.24, 2.45) is 7.05 Å². The lowest BCUT2D eigenvalue weighted by Gasteiger charge is -2.41. The summed E-state index contributed by atoms with van der Waals surface area (Å²) in [6.45, 7) is 4.03. The van der Waals surface area contributed by atoms with E-state index in [0.717, 1.165) is 16.8 Å². The normalized spacial score (nSPS) is 28.8. The fraction of sp³-hybridized carbons (Fsp3) is 0.500. The third-order valence-corrected chi connectivity index (χ3v) is 4.77. The number of aliphatic hydroxyl groups is 1. The van der Waals surface area contributed by atoms with Crippen LogP contribution in [0.4, 0.5) is 0 Å². The molecule has 0 aliphatic carbocycles. The lowest BCUT2D eigenvalue weighted by Crippen LogP contribution is -2.47. The van der Waals surface area contributed by atoms with Crippen molar-refractivity contribution in [1.29, 1.82) is 0 Å². The molecule has 0 saturated carbocycles. The summed E-state index contributed by atoms with van der Waals surface area (Å²) in [6.07, 6.45) is 3.08. The maximum Gasteiger partial charge on any atom is 0.0997 e. The number of nitrogens with zero attached hydrogens (tertiary/aromatic N) is 3. The first-order valence-corrected chi connectivity index (χ1v) is 7.86. The van der Waals surface area contributed by atoms with Gasteiger partial charge in [-0.3, -0.25) is 4.68 Å². The van der Waals surface area contributed by atoms with Crippen LogP contribution >= 0.6 is 11.6 Å². The van der Waals surface area contributed by atoms with Crippen LogP contribution in [0.1, 0.15) is 42.6 Å². The number of halogens is 1. The molecule has 2 heterocycles. The molecular formula is C16H21ClN4O. The maximum atomic E-state index is 11.2. The van der Waals surface area contributed by atoms with Gasteiger partial charge in [0.15, 0.2) is 0 Å². The third-order valence-electron chi connectivity index (χ3n) is 4.36. The van der Waals surface area contributed by atoms with Gasteiger partial charge in [-0.25, -0.2) is 0 Å². The average molecular weight is 321 g/mol. The number of aromatic nitrogens is 3. The molecule has 1 fully saturated rings. The summed E-state index contributed by atoms with van der Waals surface area (Å²) in [6, 6.07) is 5.95. The lowest BCUT2D eigenvalue weighted by atomic mass is 9.78. The number of piperidine rings is 1. The standard InChI is InChI=1S/C16H21ClN4O/c1-10-4-5-12(6-13(10)17)16(22)7-11(2)18-14(8-16)15-9-21(3)20-19-15/h4-6,9,11,14,18,22H,7-8H2,1-3H3/t11-,14-,16-/m0/s1. The van der Waals surface area contributed by atoms with Crippen molar-refractivity contribution in [3.05, 3.63) is 46.2 Å². The molecule has 118 valence electrons. The van der Waals surface area contributed by atoms with Gasteiger partial charge in [-0.2, -0.15) is 0 Å². The smallest absolute Gasteiger partial charge is 0.0997 e. The Morgan fingerprint density at radius 2 is 2.18 bits per heavy atom. The van der Waals surface area contributed by atoms with E-state index in [1.165, 1.54) is 0 Å². The Morgan fingerprint density at radius 1 is 1.41 bits per heavy atom. The number of hydrogen-bond acceptors (Lipinski definition) is 4. The average Bonchev–Trinajstić information content (AvgIpc) is 2.87. The van der Waals surface area contributed by atoms with Crippen molar-refractivity contribution in [1.82, 2.24) is 20.3 Å². The van der Waals surface area contributed by atoms with Gasteiger partial charge in [-0.1, -0.05) is 28.9 Å². The molecule has 0 radical (unpaired) electrons. The van der Waals surface area contributed by atoms with E-state index in [1.807, 2.05) is 38.4 Å². The molecule has 0 unspecified atom stereocenters. The van der Waals surface area contributed by atoms with E-state index in [4.69, 9.17) is 11.6 Å². The Balaban J connectivity index is 1.93. The van der Waals surface area contributed by atoms with E-state index >= 15 is 0 Å². The fourth-order valence-electron chi connectivity index (χ4n) is 3.22. The third kappa shape index (κ3) is 2.89. The number of benzene rings is 1. The van der Waals surface area contributed by atoms with E-state index in [-0.39, 0.29) is 12.1 Å². The SMILES string of the molecule is Cc1ccc([C@@]2(O)C[C@@H](c3cn(C)nn3)N[C@@H](C)C2)cc1Cl. The monoisotopic (exact) mass is 320 g/mol. The van der Waals surface area contributed by atoms with Crippen molar-refractivity contribution >= 4 is 11.6 Å². The number of nitrogens with one attached hydrogen (secondary N) is 1. The zero-order valence-corrected chi connectivity index (χ0v) is 13.8. The molecule has 0 amide bonds. The highest BCUT2D eigenvalue weighted by Crippen LogP contribution is 2.40. The van der Waals surface area contributed by atoms with Gasteiger partial charge in [0.1, 0.15) is 0 Å². The van der Waals surface area contributed by atoms with Crippen molar-refractivity contribution in [2.75, 3.05) is 0 Å². The minimum atomic E-state index is -0.913. The predicted molar refractivity (Wildman–Crippen MR) is 85.7 cm³/mol. The van der Waals surface area contributed by atoms with E-state index in [0.29, 0.717) is 17.9 Å². The van der Waals surface area contributed by atoms with Gasteiger partial charge in [-0.15, -0.1) is 5.10 Å². The number of hydrogen-bond donors (Lipinski definition) is 2. The molecule has 3 atom stereocenters. The lowest BCUT2D eigenvalue weighted by molar-refractivity contribution is -0.0235. The molecule has 3 rings (SSSR count). The Kier molecular flexibility index (Phi) is 3.97.